The van der Waals surface area contributed by atoms with Gasteiger partial charge in [0.25, 0.3) is 0 Å². The van der Waals surface area contributed by atoms with Crippen LogP contribution in [0.3, 0.4) is 0 Å². The van der Waals surface area contributed by atoms with Crippen LogP contribution in [0.15, 0.2) is 23.3 Å². The van der Waals surface area contributed by atoms with Gasteiger partial charge in [0.15, 0.2) is 5.96 Å². The standard InChI is InChI=1S/C18H30N6O2.HI/c1-18(2,3)26-17(25)24-10-8-23(9-11-24)16(19)21-13-14-6-7-20-15(12-14)22(4)5;/h6-7,12H,8-11,13H2,1-5H3,(H2,19,21);1H. The number of aliphatic imine (C=N–C) groups is 1. The number of piperazine rings is 1. The lowest BCUT2D eigenvalue weighted by atomic mass is 10.2. The van der Waals surface area contributed by atoms with Gasteiger partial charge in [-0.3, -0.25) is 0 Å². The molecule has 0 unspecified atom stereocenters. The van der Waals surface area contributed by atoms with Crippen molar-refractivity contribution in [2.24, 2.45) is 10.7 Å². The zero-order chi connectivity index (χ0) is 19.3. The molecule has 8 nitrogen and oxygen atoms in total. The minimum atomic E-state index is -0.481. The molecule has 0 aromatic carbocycles. The second-order valence-electron chi connectivity index (χ2n) is 7.55. The number of hydrogen-bond acceptors (Lipinski definition) is 5. The van der Waals surface area contributed by atoms with Crippen LogP contribution in [-0.2, 0) is 11.3 Å². The quantitative estimate of drug-likeness (QED) is 0.397. The summed E-state index contributed by atoms with van der Waals surface area (Å²) in [4.78, 5) is 26.5. The molecule has 1 amide bonds. The largest absolute Gasteiger partial charge is 0.444 e. The molecule has 2 rings (SSSR count). The van der Waals surface area contributed by atoms with Gasteiger partial charge in [0.2, 0.25) is 0 Å². The Balaban J connectivity index is 0.00000364. The van der Waals surface area contributed by atoms with Crippen molar-refractivity contribution in [2.75, 3.05) is 45.2 Å². The first-order valence-corrected chi connectivity index (χ1v) is 8.81. The van der Waals surface area contributed by atoms with Crippen molar-refractivity contribution in [1.82, 2.24) is 14.8 Å². The minimum absolute atomic E-state index is 0. The van der Waals surface area contributed by atoms with E-state index >= 15 is 0 Å². The van der Waals surface area contributed by atoms with Crippen molar-refractivity contribution in [2.45, 2.75) is 32.9 Å². The molecule has 27 heavy (non-hydrogen) atoms. The maximum Gasteiger partial charge on any atom is 0.410 e. The molecule has 0 bridgehead atoms. The summed E-state index contributed by atoms with van der Waals surface area (Å²) in [6, 6.07) is 3.93. The summed E-state index contributed by atoms with van der Waals surface area (Å²) in [6.07, 6.45) is 1.50. The minimum Gasteiger partial charge on any atom is -0.444 e. The second kappa shape index (κ2) is 9.95. The van der Waals surface area contributed by atoms with Crippen LogP contribution in [-0.4, -0.2) is 72.7 Å². The number of hydrogen-bond donors (Lipinski definition) is 1. The number of halogens is 1. The number of pyridine rings is 1. The molecule has 1 aliphatic heterocycles. The van der Waals surface area contributed by atoms with Crippen molar-refractivity contribution in [3.05, 3.63) is 23.9 Å². The summed E-state index contributed by atoms with van der Waals surface area (Å²) in [6.45, 7) is 8.55. The third-order valence-electron chi connectivity index (χ3n) is 3.95. The molecule has 2 N–H and O–H groups in total. The lowest BCUT2D eigenvalue weighted by Gasteiger charge is -2.36. The first kappa shape index (κ1) is 23.3. The fourth-order valence-electron chi connectivity index (χ4n) is 2.52. The van der Waals surface area contributed by atoms with Gasteiger partial charge in [0.05, 0.1) is 6.54 Å². The maximum atomic E-state index is 12.1. The Morgan fingerprint density at radius 2 is 1.85 bits per heavy atom. The van der Waals surface area contributed by atoms with E-state index in [9.17, 15) is 4.79 Å². The van der Waals surface area contributed by atoms with Gasteiger partial charge in [-0.1, -0.05) is 0 Å². The molecule has 0 spiro atoms. The van der Waals surface area contributed by atoms with Gasteiger partial charge in [-0.05, 0) is 38.5 Å². The van der Waals surface area contributed by atoms with Crippen LogP contribution in [0.4, 0.5) is 10.6 Å². The van der Waals surface area contributed by atoms with E-state index in [4.69, 9.17) is 10.5 Å². The number of nitrogens with two attached hydrogens (primary N) is 1. The Morgan fingerprint density at radius 3 is 2.41 bits per heavy atom. The molecule has 152 valence electrons. The van der Waals surface area contributed by atoms with E-state index in [2.05, 4.69) is 9.98 Å². The van der Waals surface area contributed by atoms with Gasteiger partial charge in [-0.15, -0.1) is 24.0 Å². The van der Waals surface area contributed by atoms with Crippen molar-refractivity contribution < 1.29 is 9.53 Å². The Bertz CT molecular complexity index is 651. The Kier molecular flexibility index (Phi) is 8.58. The molecule has 2 heterocycles. The van der Waals surface area contributed by atoms with Gasteiger partial charge in [-0.25, -0.2) is 14.8 Å². The number of carbonyl (C=O) groups excluding carboxylic acids is 1. The fourth-order valence-corrected chi connectivity index (χ4v) is 2.52. The molecule has 9 heteroatoms. The summed E-state index contributed by atoms with van der Waals surface area (Å²) < 4.78 is 5.41. The number of nitrogens with zero attached hydrogens (tertiary/aromatic N) is 5. The highest BCUT2D eigenvalue weighted by Crippen LogP contribution is 2.13. The van der Waals surface area contributed by atoms with Gasteiger partial charge in [0.1, 0.15) is 11.4 Å². The van der Waals surface area contributed by atoms with Crippen LogP contribution in [0.1, 0.15) is 26.3 Å². The van der Waals surface area contributed by atoms with Gasteiger partial charge in [0, 0.05) is 46.5 Å². The van der Waals surface area contributed by atoms with Crippen LogP contribution >= 0.6 is 24.0 Å². The second-order valence-corrected chi connectivity index (χ2v) is 7.55. The van der Waals surface area contributed by atoms with E-state index in [1.165, 1.54) is 0 Å². The number of amides is 1. The molecule has 1 fully saturated rings. The fraction of sp³-hybridized carbons (Fsp3) is 0.611. The predicted molar refractivity (Wildman–Crippen MR) is 119 cm³/mol. The molecule has 1 aromatic heterocycles. The monoisotopic (exact) mass is 490 g/mol. The van der Waals surface area contributed by atoms with E-state index in [0.717, 1.165) is 11.4 Å². The summed E-state index contributed by atoms with van der Waals surface area (Å²) >= 11 is 0. The van der Waals surface area contributed by atoms with Gasteiger partial charge < -0.3 is 25.2 Å². The van der Waals surface area contributed by atoms with Gasteiger partial charge in [-0.2, -0.15) is 0 Å². The molecular weight excluding hydrogens is 459 g/mol. The highest BCUT2D eigenvalue weighted by atomic mass is 127. The highest BCUT2D eigenvalue weighted by Gasteiger charge is 2.26. The number of rotatable bonds is 3. The molecule has 0 aliphatic carbocycles. The third-order valence-corrected chi connectivity index (χ3v) is 3.95. The van der Waals surface area contributed by atoms with E-state index in [-0.39, 0.29) is 30.1 Å². The predicted octanol–water partition coefficient (Wildman–Crippen LogP) is 2.13. The SMILES string of the molecule is CN(C)c1cc(CN=C(N)N2CCN(C(=O)OC(C)(C)C)CC2)ccn1.I. The smallest absolute Gasteiger partial charge is 0.410 e. The topological polar surface area (TPSA) is 87.3 Å². The number of anilines is 1. The summed E-state index contributed by atoms with van der Waals surface area (Å²) in [5.41, 5.74) is 6.71. The van der Waals surface area contributed by atoms with Crippen LogP contribution in [0, 0.1) is 0 Å². The lowest BCUT2D eigenvalue weighted by Crippen LogP contribution is -2.53. The van der Waals surface area contributed by atoms with Crippen molar-refractivity contribution in [1.29, 1.82) is 0 Å². The lowest BCUT2D eigenvalue weighted by molar-refractivity contribution is 0.0186. The van der Waals surface area contributed by atoms with E-state index in [0.29, 0.717) is 38.7 Å². The van der Waals surface area contributed by atoms with E-state index < -0.39 is 5.60 Å². The van der Waals surface area contributed by atoms with Crippen molar-refractivity contribution in [3.8, 4) is 0 Å². The molecule has 0 saturated carbocycles. The average Bonchev–Trinajstić information content (AvgIpc) is 2.58. The molecule has 1 aliphatic rings. The van der Waals surface area contributed by atoms with Crippen LogP contribution < -0.4 is 10.6 Å². The first-order chi connectivity index (χ1) is 12.2. The molecule has 1 aromatic rings. The number of guanidine groups is 1. The molecule has 0 atom stereocenters. The normalized spacial score (nSPS) is 15.2. The summed E-state index contributed by atoms with van der Waals surface area (Å²) in [5, 5.41) is 0. The summed E-state index contributed by atoms with van der Waals surface area (Å²) in [5.74, 6) is 1.39. The number of carbonyl (C=O) groups is 1. The highest BCUT2D eigenvalue weighted by molar-refractivity contribution is 14.0. The molecule has 0 radical (unpaired) electrons. The maximum absolute atomic E-state index is 12.1. The molecular formula is C18H31IN6O2. The third kappa shape index (κ3) is 7.39. The summed E-state index contributed by atoms with van der Waals surface area (Å²) in [7, 11) is 3.90. The zero-order valence-corrected chi connectivity index (χ0v) is 19.1. The van der Waals surface area contributed by atoms with Crippen molar-refractivity contribution >= 4 is 41.8 Å². The van der Waals surface area contributed by atoms with Crippen LogP contribution in [0.5, 0.6) is 0 Å². The zero-order valence-electron chi connectivity index (χ0n) is 16.8. The van der Waals surface area contributed by atoms with Crippen LogP contribution in [0.2, 0.25) is 0 Å². The Labute approximate surface area is 178 Å². The first-order valence-electron chi connectivity index (χ1n) is 8.81. The average molecular weight is 490 g/mol. The van der Waals surface area contributed by atoms with Crippen LogP contribution in [0.25, 0.3) is 0 Å². The number of aromatic nitrogens is 1. The van der Waals surface area contributed by atoms with Gasteiger partial charge >= 0.3 is 6.09 Å². The Hall–Kier alpha value is -1.78. The molecule has 1 saturated heterocycles. The van der Waals surface area contributed by atoms with E-state index in [1.807, 2.05) is 56.8 Å². The number of ether oxygens (including phenoxy) is 1. The Morgan fingerprint density at radius 1 is 1.26 bits per heavy atom. The van der Waals surface area contributed by atoms with E-state index in [1.54, 1.807) is 11.1 Å². The van der Waals surface area contributed by atoms with Crippen molar-refractivity contribution in [3.63, 3.8) is 0 Å².